The largest absolute Gasteiger partial charge is 0.330 e. The monoisotopic (exact) mass is 261 g/mol. The van der Waals surface area contributed by atoms with Crippen molar-refractivity contribution in [3.63, 3.8) is 0 Å². The van der Waals surface area contributed by atoms with Crippen molar-refractivity contribution in [2.24, 2.45) is 11.7 Å². The van der Waals surface area contributed by atoms with Gasteiger partial charge in [-0.2, -0.15) is 0 Å². The van der Waals surface area contributed by atoms with E-state index in [0.717, 1.165) is 4.47 Å². The smallest absolute Gasteiger partial charge is 0.260 e. The Bertz CT molecular complexity index is 336. The molecule has 1 fully saturated rings. The Morgan fingerprint density at radius 1 is 1.29 bits per heavy atom. The van der Waals surface area contributed by atoms with Crippen LogP contribution in [0.15, 0.2) is 28.7 Å². The Morgan fingerprint density at radius 3 is 2.29 bits per heavy atom. The maximum absolute atomic E-state index is 13.2. The molecule has 0 radical (unpaired) electrons. The minimum Gasteiger partial charge on any atom is -0.330 e. The molecule has 0 unspecified atom stereocenters. The van der Waals surface area contributed by atoms with E-state index in [2.05, 4.69) is 15.9 Å². The molecule has 1 aliphatic carbocycles. The van der Waals surface area contributed by atoms with E-state index < -0.39 is 17.8 Å². The fraction of sp³-hybridized carbons (Fsp3) is 0.400. The van der Waals surface area contributed by atoms with E-state index in [4.69, 9.17) is 5.73 Å². The van der Waals surface area contributed by atoms with E-state index in [9.17, 15) is 8.78 Å². The summed E-state index contributed by atoms with van der Waals surface area (Å²) in [6.45, 7) is 0.0493. The summed E-state index contributed by atoms with van der Waals surface area (Å²) in [7, 11) is 0. The SMILES string of the molecule is NC[C@@H]1[C@H](c2ccc(Br)cc2)C1(F)F. The number of hydrogen-bond donors (Lipinski definition) is 1. The van der Waals surface area contributed by atoms with Crippen LogP contribution in [0.5, 0.6) is 0 Å². The van der Waals surface area contributed by atoms with Crippen molar-refractivity contribution in [1.29, 1.82) is 0 Å². The summed E-state index contributed by atoms with van der Waals surface area (Å²) in [6.07, 6.45) is 0. The molecule has 14 heavy (non-hydrogen) atoms. The first-order chi connectivity index (χ1) is 6.57. The van der Waals surface area contributed by atoms with Crippen molar-refractivity contribution in [2.45, 2.75) is 11.8 Å². The van der Waals surface area contributed by atoms with Gasteiger partial charge in [-0.15, -0.1) is 0 Å². The molecule has 0 heterocycles. The van der Waals surface area contributed by atoms with Crippen LogP contribution in [0.4, 0.5) is 8.78 Å². The molecular weight excluding hydrogens is 252 g/mol. The van der Waals surface area contributed by atoms with E-state index in [1.165, 1.54) is 0 Å². The van der Waals surface area contributed by atoms with E-state index in [1.807, 2.05) is 0 Å². The Hall–Kier alpha value is -0.480. The number of halogens is 3. The van der Waals surface area contributed by atoms with Crippen LogP contribution in [-0.4, -0.2) is 12.5 Å². The van der Waals surface area contributed by atoms with Crippen molar-refractivity contribution in [1.82, 2.24) is 0 Å². The molecule has 2 atom stereocenters. The molecule has 76 valence electrons. The summed E-state index contributed by atoms with van der Waals surface area (Å²) in [5.74, 6) is -3.97. The topological polar surface area (TPSA) is 26.0 Å². The van der Waals surface area contributed by atoms with E-state index in [0.29, 0.717) is 5.56 Å². The van der Waals surface area contributed by atoms with Crippen molar-refractivity contribution < 1.29 is 8.78 Å². The van der Waals surface area contributed by atoms with Crippen molar-refractivity contribution in [3.05, 3.63) is 34.3 Å². The molecule has 1 aromatic carbocycles. The summed E-state index contributed by atoms with van der Waals surface area (Å²) in [6, 6.07) is 6.99. The van der Waals surface area contributed by atoms with Gasteiger partial charge >= 0.3 is 0 Å². The van der Waals surface area contributed by atoms with Crippen LogP contribution in [0.25, 0.3) is 0 Å². The lowest BCUT2D eigenvalue weighted by Crippen LogP contribution is -2.06. The van der Waals surface area contributed by atoms with Gasteiger partial charge in [0.1, 0.15) is 0 Å². The zero-order chi connectivity index (χ0) is 10.3. The van der Waals surface area contributed by atoms with Gasteiger partial charge in [-0.25, -0.2) is 8.78 Å². The third-order valence-electron chi connectivity index (χ3n) is 2.69. The number of benzene rings is 1. The fourth-order valence-electron chi connectivity index (χ4n) is 1.81. The highest BCUT2D eigenvalue weighted by molar-refractivity contribution is 9.10. The first-order valence-corrected chi connectivity index (χ1v) is 5.20. The highest BCUT2D eigenvalue weighted by Gasteiger charge is 2.67. The zero-order valence-electron chi connectivity index (χ0n) is 7.38. The van der Waals surface area contributed by atoms with E-state index in [1.54, 1.807) is 24.3 Å². The fourth-order valence-corrected chi connectivity index (χ4v) is 2.07. The van der Waals surface area contributed by atoms with Crippen molar-refractivity contribution in [3.8, 4) is 0 Å². The Kier molecular flexibility index (Phi) is 2.35. The molecule has 2 rings (SSSR count). The maximum Gasteiger partial charge on any atom is 0.260 e. The van der Waals surface area contributed by atoms with Gasteiger partial charge < -0.3 is 5.73 Å². The zero-order valence-corrected chi connectivity index (χ0v) is 8.97. The van der Waals surface area contributed by atoms with Crippen LogP contribution in [0, 0.1) is 5.92 Å². The average molecular weight is 262 g/mol. The Morgan fingerprint density at radius 2 is 1.86 bits per heavy atom. The summed E-state index contributed by atoms with van der Waals surface area (Å²) in [5.41, 5.74) is 5.95. The lowest BCUT2D eigenvalue weighted by Gasteiger charge is -1.98. The number of hydrogen-bond acceptors (Lipinski definition) is 1. The Labute approximate surface area is 89.4 Å². The second kappa shape index (κ2) is 3.28. The van der Waals surface area contributed by atoms with Crippen LogP contribution in [-0.2, 0) is 0 Å². The molecule has 4 heteroatoms. The highest BCUT2D eigenvalue weighted by atomic mass is 79.9. The molecule has 1 nitrogen and oxygen atoms in total. The normalized spacial score (nSPS) is 28.9. The molecule has 1 aromatic rings. The molecule has 0 saturated heterocycles. The summed E-state index contributed by atoms with van der Waals surface area (Å²) < 4.78 is 27.2. The molecule has 0 aliphatic heterocycles. The van der Waals surface area contributed by atoms with E-state index >= 15 is 0 Å². The molecule has 0 aromatic heterocycles. The van der Waals surface area contributed by atoms with Crippen LogP contribution in [0.3, 0.4) is 0 Å². The summed E-state index contributed by atoms with van der Waals surface area (Å²) in [5, 5.41) is 0. The van der Waals surface area contributed by atoms with Gasteiger partial charge in [-0.05, 0) is 17.7 Å². The quantitative estimate of drug-likeness (QED) is 0.871. The lowest BCUT2D eigenvalue weighted by molar-refractivity contribution is 0.0947. The molecule has 2 N–H and O–H groups in total. The first-order valence-electron chi connectivity index (χ1n) is 4.40. The van der Waals surface area contributed by atoms with Crippen molar-refractivity contribution >= 4 is 15.9 Å². The van der Waals surface area contributed by atoms with Gasteiger partial charge in [0.2, 0.25) is 0 Å². The van der Waals surface area contributed by atoms with Gasteiger partial charge in [0.25, 0.3) is 5.92 Å². The van der Waals surface area contributed by atoms with E-state index in [-0.39, 0.29) is 6.54 Å². The van der Waals surface area contributed by atoms with Crippen molar-refractivity contribution in [2.75, 3.05) is 6.54 Å². The van der Waals surface area contributed by atoms with Crippen LogP contribution < -0.4 is 5.73 Å². The van der Waals surface area contributed by atoms with Gasteiger partial charge in [-0.3, -0.25) is 0 Å². The molecular formula is C10H10BrF2N. The highest BCUT2D eigenvalue weighted by Crippen LogP contribution is 2.60. The number of nitrogens with two attached hydrogens (primary N) is 1. The van der Waals surface area contributed by atoms with Crippen LogP contribution >= 0.6 is 15.9 Å². The first kappa shape index (κ1) is 10.1. The second-order valence-corrected chi connectivity index (χ2v) is 4.46. The minimum atomic E-state index is -2.61. The Balaban J connectivity index is 2.22. The van der Waals surface area contributed by atoms with Gasteiger partial charge in [0, 0.05) is 16.9 Å². The maximum atomic E-state index is 13.2. The lowest BCUT2D eigenvalue weighted by atomic mass is 10.1. The molecule has 0 bridgehead atoms. The molecule has 1 saturated carbocycles. The molecule has 0 amide bonds. The summed E-state index contributed by atoms with van der Waals surface area (Å²) in [4.78, 5) is 0. The van der Waals surface area contributed by atoms with Crippen LogP contribution in [0.1, 0.15) is 11.5 Å². The summed E-state index contributed by atoms with van der Waals surface area (Å²) >= 11 is 3.26. The number of rotatable bonds is 2. The van der Waals surface area contributed by atoms with Gasteiger partial charge in [0.05, 0.1) is 5.92 Å². The number of alkyl halides is 2. The second-order valence-electron chi connectivity index (χ2n) is 3.55. The third-order valence-corrected chi connectivity index (χ3v) is 3.21. The molecule has 0 spiro atoms. The standard InChI is InChI=1S/C10H10BrF2N/c11-7-3-1-6(2-4-7)9-8(5-14)10(9,12)13/h1-4,8-9H,5,14H2/t8-,9+/m1/s1. The average Bonchev–Trinajstić information content (AvgIpc) is 2.69. The van der Waals surface area contributed by atoms with Crippen LogP contribution in [0.2, 0.25) is 0 Å². The molecule has 1 aliphatic rings. The third kappa shape index (κ3) is 1.46. The minimum absolute atomic E-state index is 0.0493. The predicted molar refractivity (Wildman–Crippen MR) is 54.4 cm³/mol. The predicted octanol–water partition coefficient (Wildman–Crippen LogP) is 2.76. The van der Waals surface area contributed by atoms with Gasteiger partial charge in [0.15, 0.2) is 0 Å². The van der Waals surface area contributed by atoms with Gasteiger partial charge in [-0.1, -0.05) is 28.1 Å².